The molecule has 150 valence electrons. The SMILES string of the molecule is CCOC(=O)Nc1cccc(NC(=O)NCc2ccccc2-n2ccnc2)c1C. The molecule has 0 atom stereocenters. The summed E-state index contributed by atoms with van der Waals surface area (Å²) < 4.78 is 6.79. The Kier molecular flexibility index (Phi) is 6.47. The normalized spacial score (nSPS) is 10.3. The smallest absolute Gasteiger partial charge is 0.411 e. The number of nitrogens with zero attached hydrogens (tertiary/aromatic N) is 2. The summed E-state index contributed by atoms with van der Waals surface area (Å²) in [5.74, 6) is 0. The first-order chi connectivity index (χ1) is 14.1. The van der Waals surface area contributed by atoms with E-state index >= 15 is 0 Å². The Hall–Kier alpha value is -3.81. The molecule has 0 saturated carbocycles. The molecule has 0 aliphatic heterocycles. The average Bonchev–Trinajstić information content (AvgIpc) is 3.24. The Labute approximate surface area is 168 Å². The van der Waals surface area contributed by atoms with E-state index in [0.717, 1.165) is 16.8 Å². The molecule has 3 rings (SSSR count). The van der Waals surface area contributed by atoms with E-state index in [1.165, 1.54) is 0 Å². The minimum atomic E-state index is -0.534. The largest absolute Gasteiger partial charge is 0.450 e. The standard InChI is InChI=1S/C21H23N5O3/c1-3-29-21(28)25-18-9-6-8-17(15(18)2)24-20(27)23-13-16-7-4-5-10-19(16)26-12-11-22-14-26/h4-12,14H,3,13H2,1-2H3,(H,25,28)(H2,23,24,27). The van der Waals surface area contributed by atoms with Crippen LogP contribution in [0.1, 0.15) is 18.1 Å². The van der Waals surface area contributed by atoms with Crippen LogP contribution in [-0.2, 0) is 11.3 Å². The number of para-hydroxylation sites is 1. The molecule has 3 aromatic rings. The summed E-state index contributed by atoms with van der Waals surface area (Å²) in [5, 5.41) is 8.34. The minimum Gasteiger partial charge on any atom is -0.450 e. The third kappa shape index (κ3) is 5.13. The van der Waals surface area contributed by atoms with E-state index in [-0.39, 0.29) is 12.6 Å². The van der Waals surface area contributed by atoms with E-state index in [4.69, 9.17) is 4.74 Å². The topological polar surface area (TPSA) is 97.3 Å². The van der Waals surface area contributed by atoms with Crippen LogP contribution in [0.15, 0.2) is 61.2 Å². The summed E-state index contributed by atoms with van der Waals surface area (Å²) in [4.78, 5) is 28.1. The lowest BCUT2D eigenvalue weighted by Crippen LogP contribution is -2.29. The van der Waals surface area contributed by atoms with Gasteiger partial charge in [-0.05, 0) is 43.2 Å². The number of hydrogen-bond acceptors (Lipinski definition) is 4. The van der Waals surface area contributed by atoms with Gasteiger partial charge in [-0.3, -0.25) is 5.32 Å². The molecule has 8 nitrogen and oxygen atoms in total. The molecule has 3 amide bonds. The number of urea groups is 1. The quantitative estimate of drug-likeness (QED) is 0.588. The van der Waals surface area contributed by atoms with Gasteiger partial charge in [0.05, 0.1) is 18.6 Å². The van der Waals surface area contributed by atoms with Gasteiger partial charge in [0.2, 0.25) is 0 Å². The van der Waals surface area contributed by atoms with Crippen LogP contribution < -0.4 is 16.0 Å². The number of carbonyl (C=O) groups excluding carboxylic acids is 2. The van der Waals surface area contributed by atoms with E-state index in [9.17, 15) is 9.59 Å². The fourth-order valence-electron chi connectivity index (χ4n) is 2.84. The number of anilines is 2. The Morgan fingerprint density at radius 2 is 1.83 bits per heavy atom. The van der Waals surface area contributed by atoms with Crippen LogP contribution in [0.2, 0.25) is 0 Å². The first-order valence-corrected chi connectivity index (χ1v) is 9.23. The van der Waals surface area contributed by atoms with Crippen molar-refractivity contribution >= 4 is 23.5 Å². The highest BCUT2D eigenvalue weighted by atomic mass is 16.5. The molecule has 2 aromatic carbocycles. The Morgan fingerprint density at radius 1 is 1.07 bits per heavy atom. The molecular formula is C21H23N5O3. The van der Waals surface area contributed by atoms with Crippen LogP contribution >= 0.6 is 0 Å². The van der Waals surface area contributed by atoms with Crippen molar-refractivity contribution in [2.45, 2.75) is 20.4 Å². The maximum atomic E-state index is 12.4. The molecule has 0 saturated heterocycles. The molecule has 0 unspecified atom stereocenters. The predicted molar refractivity (Wildman–Crippen MR) is 111 cm³/mol. The summed E-state index contributed by atoms with van der Waals surface area (Å²) in [6.45, 7) is 4.18. The number of aromatic nitrogens is 2. The number of benzene rings is 2. The summed E-state index contributed by atoms with van der Waals surface area (Å²) in [7, 11) is 0. The van der Waals surface area contributed by atoms with E-state index in [0.29, 0.717) is 17.9 Å². The van der Waals surface area contributed by atoms with Crippen molar-refractivity contribution in [3.8, 4) is 5.69 Å². The molecule has 0 bridgehead atoms. The molecule has 0 fully saturated rings. The van der Waals surface area contributed by atoms with Gasteiger partial charge in [-0.2, -0.15) is 0 Å². The molecule has 1 aromatic heterocycles. The highest BCUT2D eigenvalue weighted by molar-refractivity contribution is 5.93. The zero-order chi connectivity index (χ0) is 20.6. The number of carbonyl (C=O) groups is 2. The molecule has 3 N–H and O–H groups in total. The summed E-state index contributed by atoms with van der Waals surface area (Å²) in [6.07, 6.45) is 4.74. The van der Waals surface area contributed by atoms with Crippen LogP contribution in [0.5, 0.6) is 0 Å². The van der Waals surface area contributed by atoms with Gasteiger partial charge in [-0.1, -0.05) is 24.3 Å². The van der Waals surface area contributed by atoms with Crippen molar-refractivity contribution in [1.82, 2.24) is 14.9 Å². The Bertz CT molecular complexity index is 986. The van der Waals surface area contributed by atoms with E-state index in [2.05, 4.69) is 20.9 Å². The summed E-state index contributed by atoms with van der Waals surface area (Å²) in [6, 6.07) is 12.7. The van der Waals surface area contributed by atoms with Crippen LogP contribution in [0, 0.1) is 6.92 Å². The highest BCUT2D eigenvalue weighted by Gasteiger charge is 2.11. The minimum absolute atomic E-state index is 0.284. The van der Waals surface area contributed by atoms with Crippen LogP contribution in [0.4, 0.5) is 21.0 Å². The van der Waals surface area contributed by atoms with Crippen LogP contribution in [0.25, 0.3) is 5.69 Å². The van der Waals surface area contributed by atoms with Gasteiger partial charge in [0.15, 0.2) is 0 Å². The monoisotopic (exact) mass is 393 g/mol. The van der Waals surface area contributed by atoms with Gasteiger partial charge < -0.3 is 19.9 Å². The van der Waals surface area contributed by atoms with Gasteiger partial charge in [0.1, 0.15) is 0 Å². The zero-order valence-electron chi connectivity index (χ0n) is 16.3. The molecule has 0 aliphatic carbocycles. The van der Waals surface area contributed by atoms with Gasteiger partial charge in [0, 0.05) is 30.3 Å². The maximum absolute atomic E-state index is 12.4. The summed E-state index contributed by atoms with van der Waals surface area (Å²) in [5.41, 5.74) is 3.80. The maximum Gasteiger partial charge on any atom is 0.411 e. The fraction of sp³-hybridized carbons (Fsp3) is 0.190. The molecule has 1 heterocycles. The van der Waals surface area contributed by atoms with E-state index in [1.54, 1.807) is 37.6 Å². The van der Waals surface area contributed by atoms with Crippen molar-refractivity contribution in [2.24, 2.45) is 0 Å². The van der Waals surface area contributed by atoms with Crippen LogP contribution in [-0.4, -0.2) is 28.3 Å². The molecule has 29 heavy (non-hydrogen) atoms. The number of imidazole rings is 1. The summed E-state index contributed by atoms with van der Waals surface area (Å²) >= 11 is 0. The Balaban J connectivity index is 1.64. The van der Waals surface area contributed by atoms with Crippen LogP contribution in [0.3, 0.4) is 0 Å². The van der Waals surface area contributed by atoms with Gasteiger partial charge in [-0.25, -0.2) is 14.6 Å². The third-order valence-corrected chi connectivity index (χ3v) is 4.31. The molecule has 0 spiro atoms. The Morgan fingerprint density at radius 3 is 2.55 bits per heavy atom. The molecule has 0 radical (unpaired) electrons. The molecule has 0 aliphatic rings. The van der Waals surface area contributed by atoms with Gasteiger partial charge in [-0.15, -0.1) is 0 Å². The first-order valence-electron chi connectivity index (χ1n) is 9.23. The molecule has 8 heteroatoms. The fourth-order valence-corrected chi connectivity index (χ4v) is 2.84. The second-order valence-corrected chi connectivity index (χ2v) is 6.23. The van der Waals surface area contributed by atoms with Crippen molar-refractivity contribution in [2.75, 3.05) is 17.2 Å². The number of rotatable bonds is 6. The van der Waals surface area contributed by atoms with Gasteiger partial charge >= 0.3 is 12.1 Å². The number of nitrogens with one attached hydrogen (secondary N) is 3. The number of amides is 3. The number of ether oxygens (including phenoxy) is 1. The van der Waals surface area contributed by atoms with Crippen molar-refractivity contribution < 1.29 is 14.3 Å². The zero-order valence-corrected chi connectivity index (χ0v) is 16.3. The predicted octanol–water partition coefficient (Wildman–Crippen LogP) is 4.07. The van der Waals surface area contributed by atoms with Crippen molar-refractivity contribution in [3.05, 3.63) is 72.3 Å². The average molecular weight is 393 g/mol. The lowest BCUT2D eigenvalue weighted by molar-refractivity contribution is 0.168. The second-order valence-electron chi connectivity index (χ2n) is 6.23. The highest BCUT2D eigenvalue weighted by Crippen LogP contribution is 2.23. The lowest BCUT2D eigenvalue weighted by Gasteiger charge is -2.15. The molecular weight excluding hydrogens is 370 g/mol. The van der Waals surface area contributed by atoms with Crippen molar-refractivity contribution in [1.29, 1.82) is 0 Å². The van der Waals surface area contributed by atoms with E-state index in [1.807, 2.05) is 42.0 Å². The number of hydrogen-bond donors (Lipinski definition) is 3. The van der Waals surface area contributed by atoms with E-state index < -0.39 is 6.09 Å². The third-order valence-electron chi connectivity index (χ3n) is 4.31. The van der Waals surface area contributed by atoms with Gasteiger partial charge in [0.25, 0.3) is 0 Å². The van der Waals surface area contributed by atoms with Crippen molar-refractivity contribution in [3.63, 3.8) is 0 Å². The first kappa shape index (κ1) is 19.9. The second kappa shape index (κ2) is 9.41. The lowest BCUT2D eigenvalue weighted by atomic mass is 10.1.